The van der Waals surface area contributed by atoms with Gasteiger partial charge in [-0.3, -0.25) is 0 Å². The van der Waals surface area contributed by atoms with Crippen molar-refractivity contribution in [1.29, 1.82) is 0 Å². The van der Waals surface area contributed by atoms with Crippen LogP contribution in [0.2, 0.25) is 0 Å². The lowest BCUT2D eigenvalue weighted by atomic mass is 10.3. The highest BCUT2D eigenvalue weighted by Crippen LogP contribution is 1.98. The minimum Gasteiger partial charge on any atom is -0.396 e. The van der Waals surface area contributed by atoms with Crippen LogP contribution in [0.25, 0.3) is 0 Å². The summed E-state index contributed by atoms with van der Waals surface area (Å²) in [6, 6.07) is 3.70. The third kappa shape index (κ3) is 3.30. The van der Waals surface area contributed by atoms with E-state index in [2.05, 4.69) is 15.5 Å². The van der Waals surface area contributed by atoms with Gasteiger partial charge in [0.05, 0.1) is 0 Å². The van der Waals surface area contributed by atoms with E-state index in [1.54, 1.807) is 6.20 Å². The first-order valence-corrected chi connectivity index (χ1v) is 4.06. The summed E-state index contributed by atoms with van der Waals surface area (Å²) < 4.78 is 0. The minimum atomic E-state index is 0.252. The normalized spacial score (nSPS) is 9.75. The molecule has 0 radical (unpaired) electrons. The number of aliphatic hydroxyl groups excluding tert-OH is 1. The van der Waals surface area contributed by atoms with Crippen molar-refractivity contribution in [2.24, 2.45) is 0 Å². The van der Waals surface area contributed by atoms with Crippen LogP contribution in [0.5, 0.6) is 0 Å². The number of unbranched alkanes of at least 4 members (excludes halogenated alkanes) is 1. The zero-order valence-corrected chi connectivity index (χ0v) is 6.90. The van der Waals surface area contributed by atoms with Crippen LogP contribution in [0.15, 0.2) is 18.3 Å². The number of nitrogens with one attached hydrogen (secondary N) is 1. The Labute approximate surface area is 71.6 Å². The summed E-state index contributed by atoms with van der Waals surface area (Å²) in [5, 5.41) is 19.2. The van der Waals surface area contributed by atoms with Crippen molar-refractivity contribution in [2.45, 2.75) is 12.8 Å². The lowest BCUT2D eigenvalue weighted by molar-refractivity contribution is 0.286. The first-order valence-electron chi connectivity index (χ1n) is 4.06. The molecule has 0 aliphatic carbocycles. The number of hydrogen-bond donors (Lipinski definition) is 2. The van der Waals surface area contributed by atoms with Crippen LogP contribution in [-0.2, 0) is 0 Å². The average Bonchev–Trinajstić information content (AvgIpc) is 2.14. The molecule has 2 N–H and O–H groups in total. The van der Waals surface area contributed by atoms with Gasteiger partial charge in [-0.2, -0.15) is 5.10 Å². The molecular weight excluding hydrogens is 154 g/mol. The third-order valence-electron chi connectivity index (χ3n) is 1.46. The number of rotatable bonds is 5. The Balaban J connectivity index is 2.16. The van der Waals surface area contributed by atoms with Crippen molar-refractivity contribution >= 4 is 5.82 Å². The summed E-state index contributed by atoms with van der Waals surface area (Å²) in [7, 11) is 0. The molecular formula is C8H13N3O. The first kappa shape index (κ1) is 8.93. The summed E-state index contributed by atoms with van der Waals surface area (Å²) in [6.07, 6.45) is 3.42. The SMILES string of the molecule is OCCCCNc1cccnn1. The van der Waals surface area contributed by atoms with E-state index in [0.29, 0.717) is 0 Å². The van der Waals surface area contributed by atoms with Crippen molar-refractivity contribution in [3.05, 3.63) is 18.3 Å². The molecule has 0 spiro atoms. The summed E-state index contributed by atoms with van der Waals surface area (Å²) >= 11 is 0. The molecule has 1 aromatic rings. The third-order valence-corrected chi connectivity index (χ3v) is 1.46. The lowest BCUT2D eigenvalue weighted by Gasteiger charge is -2.02. The van der Waals surface area contributed by atoms with Gasteiger partial charge in [0.2, 0.25) is 0 Å². The fraction of sp³-hybridized carbons (Fsp3) is 0.500. The van der Waals surface area contributed by atoms with E-state index in [1.807, 2.05) is 12.1 Å². The van der Waals surface area contributed by atoms with Gasteiger partial charge >= 0.3 is 0 Å². The molecule has 0 saturated carbocycles. The second-order valence-electron chi connectivity index (χ2n) is 2.47. The number of anilines is 1. The monoisotopic (exact) mass is 167 g/mol. The molecule has 0 amide bonds. The smallest absolute Gasteiger partial charge is 0.148 e. The standard InChI is InChI=1S/C8H13N3O/c12-7-2-1-5-9-8-4-3-6-10-11-8/h3-4,6,12H,1-2,5,7H2,(H,9,11). The quantitative estimate of drug-likeness (QED) is 0.632. The van der Waals surface area contributed by atoms with Gasteiger partial charge in [-0.1, -0.05) is 0 Å². The van der Waals surface area contributed by atoms with E-state index < -0.39 is 0 Å². The summed E-state index contributed by atoms with van der Waals surface area (Å²) in [4.78, 5) is 0. The molecule has 0 aliphatic heterocycles. The first-order chi connectivity index (χ1) is 5.93. The van der Waals surface area contributed by atoms with E-state index in [1.165, 1.54) is 0 Å². The second kappa shape index (κ2) is 5.49. The molecule has 0 fully saturated rings. The molecule has 1 aromatic heterocycles. The highest BCUT2D eigenvalue weighted by molar-refractivity contribution is 5.30. The Morgan fingerprint density at radius 2 is 2.33 bits per heavy atom. The topological polar surface area (TPSA) is 58.0 Å². The van der Waals surface area contributed by atoms with Gasteiger partial charge in [0, 0.05) is 19.3 Å². The number of aliphatic hydroxyl groups is 1. The summed E-state index contributed by atoms with van der Waals surface area (Å²) in [6.45, 7) is 1.08. The van der Waals surface area contributed by atoms with Crippen molar-refractivity contribution in [3.63, 3.8) is 0 Å². The number of nitrogens with zero attached hydrogens (tertiary/aromatic N) is 2. The molecule has 1 heterocycles. The summed E-state index contributed by atoms with van der Waals surface area (Å²) in [5.41, 5.74) is 0. The molecule has 0 atom stereocenters. The van der Waals surface area contributed by atoms with Gasteiger partial charge in [0.15, 0.2) is 0 Å². The second-order valence-corrected chi connectivity index (χ2v) is 2.47. The van der Waals surface area contributed by atoms with Gasteiger partial charge in [0.25, 0.3) is 0 Å². The van der Waals surface area contributed by atoms with Crippen molar-refractivity contribution in [3.8, 4) is 0 Å². The van der Waals surface area contributed by atoms with Crippen molar-refractivity contribution in [2.75, 3.05) is 18.5 Å². The lowest BCUT2D eigenvalue weighted by Crippen LogP contribution is -2.04. The maximum Gasteiger partial charge on any atom is 0.148 e. The maximum absolute atomic E-state index is 8.51. The van der Waals surface area contributed by atoms with Crippen molar-refractivity contribution < 1.29 is 5.11 Å². The van der Waals surface area contributed by atoms with Gasteiger partial charge in [-0.15, -0.1) is 5.10 Å². The van der Waals surface area contributed by atoms with Gasteiger partial charge < -0.3 is 10.4 Å². The largest absolute Gasteiger partial charge is 0.396 e. The Hall–Kier alpha value is -1.16. The fourth-order valence-corrected chi connectivity index (χ4v) is 0.849. The molecule has 0 saturated heterocycles. The van der Waals surface area contributed by atoms with E-state index in [-0.39, 0.29) is 6.61 Å². The van der Waals surface area contributed by atoms with Crippen LogP contribution in [0.3, 0.4) is 0 Å². The van der Waals surface area contributed by atoms with Gasteiger partial charge in [-0.25, -0.2) is 0 Å². The molecule has 1 rings (SSSR count). The number of aromatic nitrogens is 2. The van der Waals surface area contributed by atoms with E-state index in [9.17, 15) is 0 Å². The predicted molar refractivity (Wildman–Crippen MR) is 46.8 cm³/mol. The molecule has 0 aromatic carbocycles. The zero-order valence-electron chi connectivity index (χ0n) is 6.90. The highest BCUT2D eigenvalue weighted by atomic mass is 16.2. The van der Waals surface area contributed by atoms with E-state index in [0.717, 1.165) is 25.2 Å². The molecule has 12 heavy (non-hydrogen) atoms. The molecule has 0 unspecified atom stereocenters. The Kier molecular flexibility index (Phi) is 4.08. The minimum absolute atomic E-state index is 0.252. The molecule has 4 nitrogen and oxygen atoms in total. The van der Waals surface area contributed by atoms with Crippen LogP contribution in [0, 0.1) is 0 Å². The summed E-state index contributed by atoms with van der Waals surface area (Å²) in [5.74, 6) is 0.787. The Bertz CT molecular complexity index is 203. The van der Waals surface area contributed by atoms with Crippen LogP contribution in [-0.4, -0.2) is 28.5 Å². The molecule has 0 bridgehead atoms. The van der Waals surface area contributed by atoms with E-state index >= 15 is 0 Å². The van der Waals surface area contributed by atoms with E-state index in [4.69, 9.17) is 5.11 Å². The van der Waals surface area contributed by atoms with Crippen LogP contribution >= 0.6 is 0 Å². The fourth-order valence-electron chi connectivity index (χ4n) is 0.849. The molecule has 0 aliphatic rings. The number of hydrogen-bond acceptors (Lipinski definition) is 4. The average molecular weight is 167 g/mol. The highest BCUT2D eigenvalue weighted by Gasteiger charge is 1.90. The Morgan fingerprint density at radius 3 is 3.00 bits per heavy atom. The molecule has 4 heteroatoms. The van der Waals surface area contributed by atoms with Gasteiger partial charge in [0.1, 0.15) is 5.82 Å². The maximum atomic E-state index is 8.51. The van der Waals surface area contributed by atoms with Gasteiger partial charge in [-0.05, 0) is 25.0 Å². The molecule has 66 valence electrons. The van der Waals surface area contributed by atoms with Crippen molar-refractivity contribution in [1.82, 2.24) is 10.2 Å². The van der Waals surface area contributed by atoms with Crippen LogP contribution in [0.1, 0.15) is 12.8 Å². The van der Waals surface area contributed by atoms with Crippen LogP contribution < -0.4 is 5.32 Å². The zero-order chi connectivity index (χ0) is 8.65. The predicted octanol–water partition coefficient (Wildman–Crippen LogP) is 0.661. The van der Waals surface area contributed by atoms with Crippen LogP contribution in [0.4, 0.5) is 5.82 Å². The Morgan fingerprint density at radius 1 is 1.42 bits per heavy atom.